The molecule has 5 nitrogen and oxygen atoms in total. The van der Waals surface area contributed by atoms with E-state index in [0.717, 1.165) is 0 Å². The van der Waals surface area contributed by atoms with Crippen molar-refractivity contribution in [1.29, 1.82) is 0 Å². The number of hydrogen-bond donors (Lipinski definition) is 1. The maximum atomic E-state index is 13.0. The van der Waals surface area contributed by atoms with Gasteiger partial charge < -0.3 is 5.32 Å². The van der Waals surface area contributed by atoms with Gasteiger partial charge >= 0.3 is 0 Å². The van der Waals surface area contributed by atoms with Crippen LogP contribution in [0, 0.1) is 6.92 Å². The Morgan fingerprint density at radius 3 is 2.70 bits per heavy atom. The van der Waals surface area contributed by atoms with Crippen LogP contribution in [0.4, 0.5) is 13.2 Å². The van der Waals surface area contributed by atoms with Crippen LogP contribution in [-0.4, -0.2) is 39.5 Å². The SMILES string of the molecule is Cc1nnn(CCF)c1C(=O)NC1CCC(F)(F)CC1. The quantitative estimate of drug-likeness (QED) is 0.921. The summed E-state index contributed by atoms with van der Waals surface area (Å²) in [5, 5.41) is 10.1. The molecule has 1 aromatic heterocycles. The van der Waals surface area contributed by atoms with Gasteiger partial charge in [0.05, 0.1) is 12.2 Å². The fourth-order valence-electron chi connectivity index (χ4n) is 2.36. The summed E-state index contributed by atoms with van der Waals surface area (Å²) in [6.07, 6.45) is 0.0305. The summed E-state index contributed by atoms with van der Waals surface area (Å²) in [7, 11) is 0. The molecule has 20 heavy (non-hydrogen) atoms. The topological polar surface area (TPSA) is 59.8 Å². The second kappa shape index (κ2) is 5.80. The number of rotatable bonds is 4. The van der Waals surface area contributed by atoms with E-state index < -0.39 is 18.5 Å². The predicted octanol–water partition coefficient (Wildman–Crippen LogP) is 1.86. The van der Waals surface area contributed by atoms with Crippen LogP contribution in [0.5, 0.6) is 0 Å². The highest BCUT2D eigenvalue weighted by Crippen LogP contribution is 2.33. The standard InChI is InChI=1S/C12H17F3N4O/c1-8-10(19(7-6-13)18-17-8)11(20)16-9-2-4-12(14,15)5-3-9/h9H,2-7H2,1H3,(H,16,20). The highest BCUT2D eigenvalue weighted by atomic mass is 19.3. The molecule has 0 aliphatic heterocycles. The zero-order chi connectivity index (χ0) is 14.8. The summed E-state index contributed by atoms with van der Waals surface area (Å²) in [6.45, 7) is 0.900. The Labute approximate surface area is 114 Å². The van der Waals surface area contributed by atoms with Crippen LogP contribution in [0.1, 0.15) is 41.9 Å². The van der Waals surface area contributed by atoms with Crippen LogP contribution in [-0.2, 0) is 6.54 Å². The molecule has 0 unspecified atom stereocenters. The van der Waals surface area contributed by atoms with Crippen LogP contribution in [0.3, 0.4) is 0 Å². The summed E-state index contributed by atoms with van der Waals surface area (Å²) in [4.78, 5) is 12.1. The van der Waals surface area contributed by atoms with Gasteiger partial charge in [-0.25, -0.2) is 17.9 Å². The number of aromatic nitrogens is 3. The lowest BCUT2D eigenvalue weighted by molar-refractivity contribution is -0.0399. The molecular formula is C12H17F3N4O. The molecular weight excluding hydrogens is 273 g/mol. The van der Waals surface area contributed by atoms with Gasteiger partial charge in [-0.2, -0.15) is 0 Å². The molecule has 1 N–H and O–H groups in total. The molecule has 1 aliphatic rings. The highest BCUT2D eigenvalue weighted by Gasteiger charge is 2.35. The Morgan fingerprint density at radius 2 is 2.10 bits per heavy atom. The lowest BCUT2D eigenvalue weighted by Crippen LogP contribution is -2.41. The summed E-state index contributed by atoms with van der Waals surface area (Å²) >= 11 is 0. The summed E-state index contributed by atoms with van der Waals surface area (Å²) in [5.41, 5.74) is 0.595. The van der Waals surface area contributed by atoms with E-state index in [2.05, 4.69) is 15.6 Å². The molecule has 0 atom stereocenters. The first-order valence-electron chi connectivity index (χ1n) is 6.58. The average Bonchev–Trinajstić information content (AvgIpc) is 2.74. The Kier molecular flexibility index (Phi) is 4.29. The first-order chi connectivity index (χ1) is 9.43. The number of aryl methyl sites for hydroxylation is 2. The number of nitrogens with one attached hydrogen (secondary N) is 1. The average molecular weight is 290 g/mol. The molecule has 1 heterocycles. The van der Waals surface area contributed by atoms with Crippen molar-refractivity contribution < 1.29 is 18.0 Å². The van der Waals surface area contributed by atoms with E-state index >= 15 is 0 Å². The number of alkyl halides is 3. The second-order valence-corrected chi connectivity index (χ2v) is 5.04. The number of carbonyl (C=O) groups excluding carboxylic acids is 1. The molecule has 0 spiro atoms. The van der Waals surface area contributed by atoms with Crippen molar-refractivity contribution in [2.75, 3.05) is 6.67 Å². The lowest BCUT2D eigenvalue weighted by Gasteiger charge is -2.28. The zero-order valence-corrected chi connectivity index (χ0v) is 11.2. The lowest BCUT2D eigenvalue weighted by atomic mass is 9.92. The van der Waals surface area contributed by atoms with E-state index in [0.29, 0.717) is 5.69 Å². The minimum absolute atomic E-state index is 0.0493. The van der Waals surface area contributed by atoms with Gasteiger partial charge in [0.15, 0.2) is 0 Å². The number of carbonyl (C=O) groups is 1. The fraction of sp³-hybridized carbons (Fsp3) is 0.750. The van der Waals surface area contributed by atoms with Crippen molar-refractivity contribution in [3.63, 3.8) is 0 Å². The van der Waals surface area contributed by atoms with E-state index in [1.165, 1.54) is 4.68 Å². The van der Waals surface area contributed by atoms with Gasteiger partial charge in [-0.15, -0.1) is 5.10 Å². The zero-order valence-electron chi connectivity index (χ0n) is 11.2. The van der Waals surface area contributed by atoms with Crippen molar-refractivity contribution in [1.82, 2.24) is 20.3 Å². The van der Waals surface area contributed by atoms with Crippen LogP contribution >= 0.6 is 0 Å². The fourth-order valence-corrected chi connectivity index (χ4v) is 2.36. The second-order valence-electron chi connectivity index (χ2n) is 5.04. The maximum Gasteiger partial charge on any atom is 0.271 e. The van der Waals surface area contributed by atoms with Gasteiger partial charge in [-0.05, 0) is 19.8 Å². The molecule has 2 rings (SSSR count). The van der Waals surface area contributed by atoms with Gasteiger partial charge in [0.25, 0.3) is 5.91 Å². The van der Waals surface area contributed by atoms with Gasteiger partial charge in [0, 0.05) is 18.9 Å². The maximum absolute atomic E-state index is 13.0. The third kappa shape index (κ3) is 3.29. The monoisotopic (exact) mass is 290 g/mol. The van der Waals surface area contributed by atoms with Crippen molar-refractivity contribution in [3.05, 3.63) is 11.4 Å². The number of nitrogens with zero attached hydrogens (tertiary/aromatic N) is 3. The minimum Gasteiger partial charge on any atom is -0.348 e. The molecule has 1 fully saturated rings. The third-order valence-electron chi connectivity index (χ3n) is 3.47. The number of hydrogen-bond acceptors (Lipinski definition) is 3. The normalized spacial score (nSPS) is 19.0. The van der Waals surface area contributed by atoms with E-state index in [1.54, 1.807) is 6.92 Å². The number of halogens is 3. The highest BCUT2D eigenvalue weighted by molar-refractivity contribution is 5.93. The van der Waals surface area contributed by atoms with Crippen LogP contribution in [0.25, 0.3) is 0 Å². The number of amides is 1. The first kappa shape index (κ1) is 14.8. The minimum atomic E-state index is -2.63. The van der Waals surface area contributed by atoms with Gasteiger partial charge in [0.1, 0.15) is 12.4 Å². The van der Waals surface area contributed by atoms with E-state index in [-0.39, 0.29) is 44.0 Å². The largest absolute Gasteiger partial charge is 0.348 e. The molecule has 0 saturated heterocycles. The molecule has 0 bridgehead atoms. The molecule has 112 valence electrons. The van der Waals surface area contributed by atoms with Crippen LogP contribution < -0.4 is 5.32 Å². The van der Waals surface area contributed by atoms with Crippen molar-refractivity contribution in [3.8, 4) is 0 Å². The van der Waals surface area contributed by atoms with Crippen LogP contribution in [0.15, 0.2) is 0 Å². The Hall–Kier alpha value is -1.60. The van der Waals surface area contributed by atoms with E-state index in [1.807, 2.05) is 0 Å². The third-order valence-corrected chi connectivity index (χ3v) is 3.47. The van der Waals surface area contributed by atoms with Crippen molar-refractivity contribution >= 4 is 5.91 Å². The molecule has 1 aromatic rings. The summed E-state index contributed by atoms with van der Waals surface area (Å²) < 4.78 is 39.6. The van der Waals surface area contributed by atoms with E-state index in [9.17, 15) is 18.0 Å². The molecule has 0 aromatic carbocycles. The Balaban J connectivity index is 2.00. The first-order valence-corrected chi connectivity index (χ1v) is 6.58. The molecule has 8 heteroatoms. The summed E-state index contributed by atoms with van der Waals surface area (Å²) in [5.74, 6) is -3.06. The summed E-state index contributed by atoms with van der Waals surface area (Å²) in [6, 6.07) is -0.282. The van der Waals surface area contributed by atoms with E-state index in [4.69, 9.17) is 0 Å². The Morgan fingerprint density at radius 1 is 1.45 bits per heavy atom. The van der Waals surface area contributed by atoms with Gasteiger partial charge in [0.2, 0.25) is 5.92 Å². The van der Waals surface area contributed by atoms with Gasteiger partial charge in [-0.3, -0.25) is 4.79 Å². The molecule has 1 aliphatic carbocycles. The molecule has 1 saturated carbocycles. The van der Waals surface area contributed by atoms with Gasteiger partial charge in [-0.1, -0.05) is 5.21 Å². The van der Waals surface area contributed by atoms with Crippen molar-refractivity contribution in [2.45, 2.75) is 51.1 Å². The predicted molar refractivity (Wildman–Crippen MR) is 65.4 cm³/mol. The van der Waals surface area contributed by atoms with Crippen LogP contribution in [0.2, 0.25) is 0 Å². The molecule has 0 radical (unpaired) electrons. The van der Waals surface area contributed by atoms with Crippen molar-refractivity contribution in [2.24, 2.45) is 0 Å². The smallest absolute Gasteiger partial charge is 0.271 e. The molecule has 1 amide bonds. The Bertz CT molecular complexity index is 479.